The van der Waals surface area contributed by atoms with Crippen molar-refractivity contribution in [2.45, 2.75) is 40.0 Å². The van der Waals surface area contributed by atoms with Crippen molar-refractivity contribution in [1.82, 2.24) is 5.16 Å². The largest absolute Gasteiger partial charge is 0.394 e. The highest BCUT2D eigenvalue weighted by Gasteiger charge is 2.28. The second-order valence-electron chi connectivity index (χ2n) is 6.44. The number of rotatable bonds is 6. The number of aliphatic hydroxyl groups is 1. The van der Waals surface area contributed by atoms with E-state index in [-0.39, 0.29) is 24.5 Å². The molecule has 1 amide bonds. The van der Waals surface area contributed by atoms with E-state index in [9.17, 15) is 4.79 Å². The Hall–Kier alpha value is -1.40. The van der Waals surface area contributed by atoms with Gasteiger partial charge < -0.3 is 19.7 Å². The van der Waals surface area contributed by atoms with Crippen molar-refractivity contribution in [2.24, 2.45) is 5.41 Å². The van der Waals surface area contributed by atoms with E-state index >= 15 is 0 Å². The van der Waals surface area contributed by atoms with E-state index in [4.69, 9.17) is 14.4 Å². The van der Waals surface area contributed by atoms with Crippen molar-refractivity contribution in [3.63, 3.8) is 0 Å². The van der Waals surface area contributed by atoms with Crippen LogP contribution in [0, 0.1) is 5.41 Å². The molecule has 1 rings (SSSR count). The third-order valence-corrected chi connectivity index (χ3v) is 2.80. The zero-order chi connectivity index (χ0) is 15.4. The molecule has 0 fully saturated rings. The Morgan fingerprint density at radius 3 is 2.60 bits per heavy atom. The smallest absolute Gasteiger partial charge is 0.230 e. The van der Waals surface area contributed by atoms with Crippen molar-refractivity contribution in [1.29, 1.82) is 0 Å². The number of aromatic nitrogens is 1. The fourth-order valence-corrected chi connectivity index (χ4v) is 1.42. The van der Waals surface area contributed by atoms with E-state index in [1.54, 1.807) is 6.07 Å². The number of carbonyl (C=O) groups excluding carboxylic acids is 1. The maximum Gasteiger partial charge on any atom is 0.230 e. The first kappa shape index (κ1) is 16.7. The van der Waals surface area contributed by atoms with Gasteiger partial charge in [-0.25, -0.2) is 0 Å². The van der Waals surface area contributed by atoms with Crippen LogP contribution < -0.4 is 5.32 Å². The first-order valence-corrected chi connectivity index (χ1v) is 6.64. The fourth-order valence-electron chi connectivity index (χ4n) is 1.42. The number of aliphatic hydroxyl groups excluding tert-OH is 1. The van der Waals surface area contributed by atoms with Gasteiger partial charge in [0, 0.05) is 16.9 Å². The summed E-state index contributed by atoms with van der Waals surface area (Å²) in [6, 6.07) is 1.70. The van der Waals surface area contributed by atoms with Crippen molar-refractivity contribution in [2.75, 3.05) is 25.1 Å². The van der Waals surface area contributed by atoms with Crippen molar-refractivity contribution >= 4 is 11.7 Å². The standard InChI is InChI=1S/C14H24N2O4/c1-13(2,3)12(18)15-11-8-10(20-16-11)14(4,5)9-19-7-6-17/h8,17H,6-7,9H2,1-5H3,(H,15,16,18). The number of amides is 1. The quantitative estimate of drug-likeness (QED) is 0.780. The third kappa shape index (κ3) is 4.61. The Kier molecular flexibility index (Phi) is 5.30. The molecule has 20 heavy (non-hydrogen) atoms. The molecular weight excluding hydrogens is 260 g/mol. The SMILES string of the molecule is CC(C)(C)C(=O)Nc1cc(C(C)(C)COCCO)on1. The molecule has 6 nitrogen and oxygen atoms in total. The molecule has 1 aromatic rings. The van der Waals surface area contributed by atoms with Gasteiger partial charge in [0.05, 0.1) is 19.8 Å². The van der Waals surface area contributed by atoms with Gasteiger partial charge in [0.2, 0.25) is 5.91 Å². The molecule has 0 spiro atoms. The summed E-state index contributed by atoms with van der Waals surface area (Å²) in [5.41, 5.74) is -0.869. The number of carbonyl (C=O) groups is 1. The number of hydrogen-bond acceptors (Lipinski definition) is 5. The lowest BCUT2D eigenvalue weighted by molar-refractivity contribution is -0.123. The van der Waals surface area contributed by atoms with Crippen LogP contribution in [0.5, 0.6) is 0 Å². The van der Waals surface area contributed by atoms with Crippen LogP contribution in [-0.2, 0) is 14.9 Å². The molecule has 2 N–H and O–H groups in total. The van der Waals surface area contributed by atoms with Crippen LogP contribution in [0.15, 0.2) is 10.6 Å². The van der Waals surface area contributed by atoms with Gasteiger partial charge >= 0.3 is 0 Å². The van der Waals surface area contributed by atoms with E-state index in [1.165, 1.54) is 0 Å². The molecule has 0 aliphatic carbocycles. The molecule has 0 saturated carbocycles. The van der Waals surface area contributed by atoms with Crippen molar-refractivity contribution < 1.29 is 19.2 Å². The van der Waals surface area contributed by atoms with Crippen molar-refractivity contribution in [3.8, 4) is 0 Å². The van der Waals surface area contributed by atoms with E-state index in [0.29, 0.717) is 18.2 Å². The van der Waals surface area contributed by atoms with Gasteiger partial charge in [0.1, 0.15) is 5.76 Å². The number of ether oxygens (including phenoxy) is 1. The van der Waals surface area contributed by atoms with Crippen molar-refractivity contribution in [3.05, 3.63) is 11.8 Å². The minimum atomic E-state index is -0.487. The lowest BCUT2D eigenvalue weighted by Gasteiger charge is -2.20. The lowest BCUT2D eigenvalue weighted by Crippen LogP contribution is -2.27. The van der Waals surface area contributed by atoms with Crippen LogP contribution in [0.3, 0.4) is 0 Å². The summed E-state index contributed by atoms with van der Waals surface area (Å²) in [5, 5.41) is 15.3. The van der Waals surface area contributed by atoms with Crippen LogP contribution >= 0.6 is 0 Å². The van der Waals surface area contributed by atoms with Crippen LogP contribution in [0.4, 0.5) is 5.82 Å². The summed E-state index contributed by atoms with van der Waals surface area (Å²) < 4.78 is 10.6. The van der Waals surface area contributed by atoms with Gasteiger partial charge in [-0.15, -0.1) is 0 Å². The molecular formula is C14H24N2O4. The first-order chi connectivity index (χ1) is 9.16. The average Bonchev–Trinajstić information content (AvgIpc) is 2.77. The van der Waals surface area contributed by atoms with Gasteiger partial charge in [-0.2, -0.15) is 0 Å². The van der Waals surface area contributed by atoms with Gasteiger partial charge in [0.15, 0.2) is 5.82 Å². The normalized spacial score (nSPS) is 12.5. The van der Waals surface area contributed by atoms with E-state index in [2.05, 4.69) is 10.5 Å². The molecule has 0 aromatic carbocycles. The highest BCUT2D eigenvalue weighted by atomic mass is 16.5. The summed E-state index contributed by atoms with van der Waals surface area (Å²) in [6.45, 7) is 10.0. The zero-order valence-corrected chi connectivity index (χ0v) is 12.8. The molecule has 0 unspecified atom stereocenters. The monoisotopic (exact) mass is 284 g/mol. The molecule has 0 aliphatic heterocycles. The van der Waals surface area contributed by atoms with E-state index < -0.39 is 5.41 Å². The van der Waals surface area contributed by atoms with E-state index in [1.807, 2.05) is 34.6 Å². The van der Waals surface area contributed by atoms with Crippen LogP contribution in [0.1, 0.15) is 40.4 Å². The number of nitrogens with one attached hydrogen (secondary N) is 1. The summed E-state index contributed by atoms with van der Waals surface area (Å²) in [7, 11) is 0. The Labute approximate surface area is 119 Å². The molecule has 1 heterocycles. The maximum atomic E-state index is 11.9. The topological polar surface area (TPSA) is 84.6 Å². The number of hydrogen-bond donors (Lipinski definition) is 2. The molecule has 0 saturated heterocycles. The fraction of sp³-hybridized carbons (Fsp3) is 0.714. The van der Waals surface area contributed by atoms with Crippen LogP contribution in [0.25, 0.3) is 0 Å². The Bertz CT molecular complexity index is 446. The molecule has 0 radical (unpaired) electrons. The number of anilines is 1. The molecule has 0 aliphatic rings. The molecule has 6 heteroatoms. The zero-order valence-electron chi connectivity index (χ0n) is 12.8. The predicted molar refractivity (Wildman–Crippen MR) is 75.5 cm³/mol. The Morgan fingerprint density at radius 2 is 2.05 bits per heavy atom. The second-order valence-corrected chi connectivity index (χ2v) is 6.44. The highest BCUT2D eigenvalue weighted by Crippen LogP contribution is 2.26. The first-order valence-electron chi connectivity index (χ1n) is 6.64. The molecule has 0 atom stereocenters. The summed E-state index contributed by atoms with van der Waals surface area (Å²) in [6.07, 6.45) is 0. The second kappa shape index (κ2) is 6.37. The van der Waals surface area contributed by atoms with Gasteiger partial charge in [0.25, 0.3) is 0 Å². The molecule has 1 aromatic heterocycles. The minimum Gasteiger partial charge on any atom is -0.394 e. The third-order valence-electron chi connectivity index (χ3n) is 2.80. The minimum absolute atomic E-state index is 0.0145. The average molecular weight is 284 g/mol. The summed E-state index contributed by atoms with van der Waals surface area (Å²) >= 11 is 0. The highest BCUT2D eigenvalue weighted by molar-refractivity contribution is 5.93. The van der Waals surface area contributed by atoms with Crippen LogP contribution in [0.2, 0.25) is 0 Å². The van der Waals surface area contributed by atoms with Gasteiger partial charge in [-0.1, -0.05) is 39.8 Å². The Morgan fingerprint density at radius 1 is 1.40 bits per heavy atom. The Balaban J connectivity index is 2.69. The molecule has 114 valence electrons. The molecule has 0 bridgehead atoms. The van der Waals surface area contributed by atoms with Crippen LogP contribution in [-0.4, -0.2) is 36.0 Å². The maximum absolute atomic E-state index is 11.9. The summed E-state index contributed by atoms with van der Waals surface area (Å²) in [4.78, 5) is 11.9. The van der Waals surface area contributed by atoms with Gasteiger partial charge in [-0.3, -0.25) is 4.79 Å². The predicted octanol–water partition coefficient (Wildman–Crippen LogP) is 1.95. The number of nitrogens with zero attached hydrogens (tertiary/aromatic N) is 1. The van der Waals surface area contributed by atoms with E-state index in [0.717, 1.165) is 0 Å². The lowest BCUT2D eigenvalue weighted by atomic mass is 9.91. The summed E-state index contributed by atoms with van der Waals surface area (Å²) in [5.74, 6) is 0.904. The van der Waals surface area contributed by atoms with Gasteiger partial charge in [-0.05, 0) is 0 Å².